The minimum absolute atomic E-state index is 0.0161. The van der Waals surface area contributed by atoms with E-state index >= 15 is 0 Å². The number of nitrogens with zero attached hydrogens (tertiary/aromatic N) is 1. The van der Waals surface area contributed by atoms with Crippen molar-refractivity contribution in [3.63, 3.8) is 0 Å². The summed E-state index contributed by atoms with van der Waals surface area (Å²) >= 11 is 1.69. The second-order valence-corrected chi connectivity index (χ2v) is 10.9. The van der Waals surface area contributed by atoms with Gasteiger partial charge in [0.25, 0.3) is 0 Å². The number of carbonyl (C=O) groups is 1. The molecule has 0 bridgehead atoms. The van der Waals surface area contributed by atoms with Gasteiger partial charge >= 0.3 is 5.97 Å². The van der Waals surface area contributed by atoms with Crippen molar-refractivity contribution in [1.82, 2.24) is 4.98 Å². The van der Waals surface area contributed by atoms with Gasteiger partial charge in [-0.3, -0.25) is 4.79 Å². The highest BCUT2D eigenvalue weighted by Gasteiger charge is 2.30. The lowest BCUT2D eigenvalue weighted by atomic mass is 9.90. The van der Waals surface area contributed by atoms with E-state index in [1.807, 2.05) is 6.07 Å². The molecule has 1 aromatic heterocycles. The number of thioether (sulfide) groups is 1. The van der Waals surface area contributed by atoms with Gasteiger partial charge in [-0.25, -0.2) is 4.98 Å². The third-order valence-electron chi connectivity index (χ3n) is 7.19. The molecule has 1 N–H and O–H groups in total. The Morgan fingerprint density at radius 2 is 1.95 bits per heavy atom. The molecule has 2 aliphatic rings. The number of aromatic nitrogens is 1. The predicted molar refractivity (Wildman–Crippen MR) is 145 cm³/mol. The van der Waals surface area contributed by atoms with Gasteiger partial charge in [0.1, 0.15) is 11.9 Å². The highest BCUT2D eigenvalue weighted by Crippen LogP contribution is 2.45. The zero-order valence-corrected chi connectivity index (χ0v) is 22.4. The van der Waals surface area contributed by atoms with Crippen molar-refractivity contribution in [1.29, 1.82) is 0 Å². The van der Waals surface area contributed by atoms with Crippen LogP contribution in [-0.4, -0.2) is 42.1 Å². The van der Waals surface area contributed by atoms with Crippen molar-refractivity contribution < 1.29 is 24.1 Å². The highest BCUT2D eigenvalue weighted by molar-refractivity contribution is 7.99. The maximum Gasteiger partial charge on any atom is 0.303 e. The molecule has 0 saturated carbocycles. The van der Waals surface area contributed by atoms with E-state index in [0.717, 1.165) is 41.2 Å². The molecule has 2 aromatic carbocycles. The number of fused-ring (bicyclic) bond motifs is 2. The monoisotopic (exact) mass is 519 g/mol. The molecule has 1 aliphatic carbocycles. The van der Waals surface area contributed by atoms with Gasteiger partial charge in [0.05, 0.1) is 13.0 Å². The lowest BCUT2D eigenvalue weighted by Gasteiger charge is -2.18. The number of rotatable bonds is 10. The number of ether oxygens (including phenoxy) is 3. The molecule has 194 valence electrons. The minimum Gasteiger partial charge on any atom is -0.493 e. The molecule has 0 fully saturated rings. The molecule has 2 heterocycles. The largest absolute Gasteiger partial charge is 0.493 e. The maximum absolute atomic E-state index is 11.2. The van der Waals surface area contributed by atoms with Crippen LogP contribution in [0.2, 0.25) is 0 Å². The van der Waals surface area contributed by atoms with E-state index in [1.54, 1.807) is 25.1 Å². The Balaban J connectivity index is 1.35. The Kier molecular flexibility index (Phi) is 7.72. The Bertz CT molecular complexity index is 1280. The van der Waals surface area contributed by atoms with E-state index in [-0.39, 0.29) is 18.4 Å². The number of aryl methyl sites for hydroxylation is 2. The summed E-state index contributed by atoms with van der Waals surface area (Å²) in [5.41, 5.74) is 8.50. The summed E-state index contributed by atoms with van der Waals surface area (Å²) in [6.45, 7) is 5.63. The Labute approximate surface area is 222 Å². The lowest BCUT2D eigenvalue weighted by molar-refractivity contribution is -0.137. The van der Waals surface area contributed by atoms with Gasteiger partial charge < -0.3 is 19.3 Å². The summed E-state index contributed by atoms with van der Waals surface area (Å²) < 4.78 is 17.5. The first-order valence-corrected chi connectivity index (χ1v) is 13.8. The fourth-order valence-corrected chi connectivity index (χ4v) is 6.78. The highest BCUT2D eigenvalue weighted by atomic mass is 32.2. The second kappa shape index (κ2) is 11.2. The average molecular weight is 520 g/mol. The number of hydrogen-bond donors (Lipinski definition) is 1. The summed E-state index contributed by atoms with van der Waals surface area (Å²) in [5.74, 6) is 1.52. The molecule has 0 unspecified atom stereocenters. The SMILES string of the molecule is COCCCOc1cc(C)c(-c2cccc3c2CC[C@H]3Oc2cc3c(cn2)[C@H](CC(=O)O)CS3)c(C)c1. The van der Waals surface area contributed by atoms with Crippen LogP contribution in [0.4, 0.5) is 0 Å². The molecule has 2 atom stereocenters. The predicted octanol–water partition coefficient (Wildman–Crippen LogP) is 6.51. The zero-order chi connectivity index (χ0) is 25.9. The molecule has 0 amide bonds. The number of methoxy groups -OCH3 is 1. The van der Waals surface area contributed by atoms with Crippen molar-refractivity contribution in [2.24, 2.45) is 0 Å². The van der Waals surface area contributed by atoms with E-state index in [9.17, 15) is 9.90 Å². The molecule has 1 aliphatic heterocycles. The smallest absolute Gasteiger partial charge is 0.303 e. The number of pyridine rings is 1. The minimum atomic E-state index is -0.771. The van der Waals surface area contributed by atoms with Crippen LogP contribution in [0.1, 0.15) is 59.1 Å². The molecule has 5 rings (SSSR count). The first-order chi connectivity index (χ1) is 17.9. The van der Waals surface area contributed by atoms with Crippen LogP contribution in [0, 0.1) is 13.8 Å². The zero-order valence-electron chi connectivity index (χ0n) is 21.6. The van der Waals surface area contributed by atoms with Gasteiger partial charge in [-0.15, -0.1) is 11.8 Å². The number of aliphatic carboxylic acids is 1. The van der Waals surface area contributed by atoms with Gasteiger partial charge in [0.2, 0.25) is 5.88 Å². The summed E-state index contributed by atoms with van der Waals surface area (Å²) in [4.78, 5) is 16.8. The fourth-order valence-electron chi connectivity index (χ4n) is 5.53. The van der Waals surface area contributed by atoms with Crippen molar-refractivity contribution in [3.8, 4) is 22.8 Å². The van der Waals surface area contributed by atoms with Crippen LogP contribution < -0.4 is 9.47 Å². The maximum atomic E-state index is 11.2. The Morgan fingerprint density at radius 3 is 2.70 bits per heavy atom. The summed E-state index contributed by atoms with van der Waals surface area (Å²) in [6.07, 6.45) is 4.61. The van der Waals surface area contributed by atoms with Crippen LogP contribution >= 0.6 is 11.8 Å². The van der Waals surface area contributed by atoms with Gasteiger partial charge in [-0.05, 0) is 77.8 Å². The van der Waals surface area contributed by atoms with Crippen LogP contribution in [0.3, 0.4) is 0 Å². The third-order valence-corrected chi connectivity index (χ3v) is 8.42. The van der Waals surface area contributed by atoms with Gasteiger partial charge in [0, 0.05) is 49.0 Å². The van der Waals surface area contributed by atoms with Crippen LogP contribution in [0.15, 0.2) is 47.5 Å². The van der Waals surface area contributed by atoms with Crippen LogP contribution in [0.5, 0.6) is 11.6 Å². The summed E-state index contributed by atoms with van der Waals surface area (Å²) in [6, 6.07) is 12.7. The summed E-state index contributed by atoms with van der Waals surface area (Å²) in [7, 11) is 1.71. The quantitative estimate of drug-likeness (QED) is 0.306. The van der Waals surface area contributed by atoms with Gasteiger partial charge in [0.15, 0.2) is 0 Å². The molecular weight excluding hydrogens is 486 g/mol. The molecular formula is C30H33NO5S. The van der Waals surface area contributed by atoms with Crippen molar-refractivity contribution in [2.45, 2.75) is 56.4 Å². The number of benzene rings is 2. The third kappa shape index (κ3) is 5.48. The van der Waals surface area contributed by atoms with Crippen LogP contribution in [-0.2, 0) is 16.0 Å². The van der Waals surface area contributed by atoms with E-state index in [1.165, 1.54) is 33.4 Å². The van der Waals surface area contributed by atoms with E-state index in [2.05, 4.69) is 49.2 Å². The second-order valence-electron chi connectivity index (χ2n) is 9.81. The Morgan fingerprint density at radius 1 is 1.14 bits per heavy atom. The van der Waals surface area contributed by atoms with Crippen LogP contribution in [0.25, 0.3) is 11.1 Å². The number of carboxylic acids is 1. The molecule has 7 heteroatoms. The molecule has 3 aromatic rings. The summed E-state index contributed by atoms with van der Waals surface area (Å²) in [5, 5.41) is 9.18. The first kappa shape index (κ1) is 25.6. The van der Waals surface area contributed by atoms with Crippen molar-refractivity contribution in [3.05, 3.63) is 70.4 Å². The molecule has 0 spiro atoms. The molecule has 37 heavy (non-hydrogen) atoms. The molecule has 0 saturated heterocycles. The van der Waals surface area contributed by atoms with E-state index < -0.39 is 5.97 Å². The van der Waals surface area contributed by atoms with Gasteiger partial charge in [-0.2, -0.15) is 0 Å². The van der Waals surface area contributed by atoms with Crippen molar-refractivity contribution >= 4 is 17.7 Å². The fraction of sp³-hybridized carbons (Fsp3) is 0.400. The molecule has 0 radical (unpaired) electrons. The van der Waals surface area contributed by atoms with Crippen molar-refractivity contribution in [2.75, 3.05) is 26.1 Å². The topological polar surface area (TPSA) is 77.9 Å². The standard InChI is InChI=1S/C30H33NO5S/c1-18-12-21(35-11-5-10-34-3)13-19(2)30(18)24-7-4-6-23-22(24)8-9-26(23)36-28-15-27-25(16-31-28)20(17-37-27)14-29(32)33/h4,6-7,12-13,15-16,20,26H,5,8-11,14,17H2,1-3H3,(H,32,33)/t20-,26-/m1/s1. The average Bonchev–Trinajstić information content (AvgIpc) is 3.45. The van der Waals surface area contributed by atoms with Gasteiger partial charge in [-0.1, -0.05) is 18.2 Å². The normalized spacial score (nSPS) is 17.9. The number of hydrogen-bond acceptors (Lipinski definition) is 6. The number of carboxylic acid groups (broad SMARTS) is 1. The van der Waals surface area contributed by atoms with E-state index in [0.29, 0.717) is 19.1 Å². The Hall–Kier alpha value is -3.03. The molecule has 6 nitrogen and oxygen atoms in total. The van der Waals surface area contributed by atoms with E-state index in [4.69, 9.17) is 14.2 Å². The first-order valence-electron chi connectivity index (χ1n) is 12.8. The lowest BCUT2D eigenvalue weighted by Crippen LogP contribution is -2.07.